The molecule has 2 fully saturated rings. The lowest BCUT2D eigenvalue weighted by atomic mass is 9.93. The first-order valence-corrected chi connectivity index (χ1v) is 8.99. The van der Waals surface area contributed by atoms with Crippen LogP contribution in [-0.4, -0.2) is 22.3 Å². The molecule has 5 rings (SSSR count). The Bertz CT molecular complexity index is 1050. The number of Topliss-reactive ketones (excluding diaryl/α,β-unsaturated/α-hetero) is 1. The monoisotopic (exact) mass is 359 g/mol. The lowest BCUT2D eigenvalue weighted by Crippen LogP contribution is -2.20. The summed E-state index contributed by atoms with van der Waals surface area (Å²) < 4.78 is 11.1. The number of rotatable bonds is 4. The molecule has 1 saturated heterocycles. The lowest BCUT2D eigenvalue weighted by molar-refractivity contribution is -0.144. The van der Waals surface area contributed by atoms with Crippen molar-refractivity contribution in [3.05, 3.63) is 71.9 Å². The minimum absolute atomic E-state index is 0.110. The Kier molecular flexibility index (Phi) is 3.50. The Morgan fingerprint density at radius 3 is 2.52 bits per heavy atom. The second-order valence-corrected chi connectivity index (χ2v) is 7.07. The van der Waals surface area contributed by atoms with Gasteiger partial charge >= 0.3 is 5.97 Å². The van der Waals surface area contributed by atoms with Crippen LogP contribution in [0.1, 0.15) is 30.0 Å². The summed E-state index contributed by atoms with van der Waals surface area (Å²) in [6.07, 6.45) is 1.29. The van der Waals surface area contributed by atoms with Crippen molar-refractivity contribution in [2.75, 3.05) is 0 Å². The fourth-order valence-corrected chi connectivity index (χ4v) is 3.52. The first kappa shape index (κ1) is 16.0. The topological polar surface area (TPSA) is 65.5 Å². The number of hydrogen-bond donors (Lipinski definition) is 0. The number of aromatic nitrogens is 1. The zero-order chi connectivity index (χ0) is 18.4. The Morgan fingerprint density at radius 2 is 1.78 bits per heavy atom. The highest BCUT2D eigenvalue weighted by Gasteiger charge is 2.63. The van der Waals surface area contributed by atoms with E-state index < -0.39 is 17.5 Å². The highest BCUT2D eigenvalue weighted by atomic mass is 16.6. The standard InChI is InChI=1S/C22H17NO4/c24-20-19(21(25)27-22(20)11-12-22)15-6-9-17(10-7-15)26-13-16-8-5-14-3-1-2-4-18(14)23-16/h1-10,19H,11-13H2. The van der Waals surface area contributed by atoms with Crippen molar-refractivity contribution in [2.45, 2.75) is 31.0 Å². The largest absolute Gasteiger partial charge is 0.487 e. The highest BCUT2D eigenvalue weighted by molar-refractivity contribution is 6.14. The van der Waals surface area contributed by atoms with Crippen LogP contribution in [-0.2, 0) is 20.9 Å². The van der Waals surface area contributed by atoms with Crippen LogP contribution in [0.2, 0.25) is 0 Å². The van der Waals surface area contributed by atoms with E-state index in [9.17, 15) is 9.59 Å². The van der Waals surface area contributed by atoms with Gasteiger partial charge in [0.05, 0.1) is 11.2 Å². The van der Waals surface area contributed by atoms with E-state index in [1.165, 1.54) is 0 Å². The van der Waals surface area contributed by atoms with E-state index in [0.29, 0.717) is 30.8 Å². The molecule has 1 spiro atoms. The number of para-hydroxylation sites is 1. The lowest BCUT2D eigenvalue weighted by Gasteiger charge is -2.09. The minimum Gasteiger partial charge on any atom is -0.487 e. The van der Waals surface area contributed by atoms with Crippen LogP contribution in [0, 0.1) is 0 Å². The number of ether oxygens (including phenoxy) is 2. The van der Waals surface area contributed by atoms with Gasteiger partial charge in [-0.05, 0) is 42.7 Å². The van der Waals surface area contributed by atoms with Crippen molar-refractivity contribution in [3.8, 4) is 5.75 Å². The van der Waals surface area contributed by atoms with Crippen molar-refractivity contribution in [2.24, 2.45) is 0 Å². The number of hydrogen-bond acceptors (Lipinski definition) is 5. The van der Waals surface area contributed by atoms with Crippen LogP contribution >= 0.6 is 0 Å². The van der Waals surface area contributed by atoms with Gasteiger partial charge < -0.3 is 9.47 Å². The zero-order valence-corrected chi connectivity index (χ0v) is 14.6. The van der Waals surface area contributed by atoms with Crippen LogP contribution in [0.25, 0.3) is 10.9 Å². The van der Waals surface area contributed by atoms with Crippen LogP contribution < -0.4 is 4.74 Å². The van der Waals surface area contributed by atoms with Gasteiger partial charge in [-0.1, -0.05) is 36.4 Å². The highest BCUT2D eigenvalue weighted by Crippen LogP contribution is 2.49. The minimum atomic E-state index is -0.821. The maximum absolute atomic E-state index is 12.4. The predicted octanol–water partition coefficient (Wildman–Crippen LogP) is 3.56. The molecular formula is C22H17NO4. The number of benzene rings is 2. The molecule has 0 N–H and O–H groups in total. The molecule has 5 heteroatoms. The van der Waals surface area contributed by atoms with E-state index in [0.717, 1.165) is 16.6 Å². The first-order chi connectivity index (χ1) is 13.1. The van der Waals surface area contributed by atoms with E-state index in [1.807, 2.05) is 36.4 Å². The third-order valence-corrected chi connectivity index (χ3v) is 5.20. The summed E-state index contributed by atoms with van der Waals surface area (Å²) in [5, 5.41) is 1.09. The van der Waals surface area contributed by atoms with Crippen LogP contribution in [0.15, 0.2) is 60.7 Å². The number of pyridine rings is 1. The smallest absolute Gasteiger partial charge is 0.322 e. The molecule has 0 radical (unpaired) electrons. The summed E-state index contributed by atoms with van der Waals surface area (Å²) in [4.78, 5) is 29.1. The second-order valence-electron chi connectivity index (χ2n) is 7.07. The fraction of sp³-hybridized carbons (Fsp3) is 0.227. The summed E-state index contributed by atoms with van der Waals surface area (Å²) in [5.74, 6) is -0.689. The van der Waals surface area contributed by atoms with Gasteiger partial charge in [0.25, 0.3) is 0 Å². The summed E-state index contributed by atoms with van der Waals surface area (Å²) in [5.41, 5.74) is 1.60. The van der Waals surface area contributed by atoms with E-state index in [2.05, 4.69) is 4.98 Å². The summed E-state index contributed by atoms with van der Waals surface area (Å²) in [7, 11) is 0. The number of fused-ring (bicyclic) bond motifs is 1. The van der Waals surface area contributed by atoms with Gasteiger partial charge in [0.1, 0.15) is 18.3 Å². The fourth-order valence-electron chi connectivity index (χ4n) is 3.52. The summed E-state index contributed by atoms with van der Waals surface area (Å²) >= 11 is 0. The van der Waals surface area contributed by atoms with Crippen molar-refractivity contribution >= 4 is 22.7 Å². The van der Waals surface area contributed by atoms with Gasteiger partial charge in [0.15, 0.2) is 11.4 Å². The van der Waals surface area contributed by atoms with Crippen molar-refractivity contribution in [1.29, 1.82) is 0 Å². The Labute approximate surface area is 155 Å². The van der Waals surface area contributed by atoms with Gasteiger partial charge in [0, 0.05) is 5.39 Å². The predicted molar refractivity (Wildman–Crippen MR) is 98.3 cm³/mol. The van der Waals surface area contributed by atoms with Crippen molar-refractivity contribution < 1.29 is 19.1 Å². The van der Waals surface area contributed by atoms with Crippen LogP contribution in [0.4, 0.5) is 0 Å². The third-order valence-electron chi connectivity index (χ3n) is 5.20. The number of carbonyl (C=O) groups excluding carboxylic acids is 2. The summed E-state index contributed by atoms with van der Waals surface area (Å²) in [6.45, 7) is 0.345. The van der Waals surface area contributed by atoms with E-state index in [-0.39, 0.29) is 5.78 Å². The van der Waals surface area contributed by atoms with Crippen molar-refractivity contribution in [1.82, 2.24) is 4.98 Å². The third kappa shape index (κ3) is 2.76. The molecule has 1 unspecified atom stereocenters. The molecule has 1 saturated carbocycles. The van der Waals surface area contributed by atoms with E-state index >= 15 is 0 Å². The Balaban J connectivity index is 1.29. The van der Waals surface area contributed by atoms with Gasteiger partial charge in [-0.25, -0.2) is 4.98 Å². The quantitative estimate of drug-likeness (QED) is 0.526. The van der Waals surface area contributed by atoms with E-state index in [1.54, 1.807) is 24.3 Å². The first-order valence-electron chi connectivity index (χ1n) is 8.99. The van der Waals surface area contributed by atoms with Gasteiger partial charge in [-0.3, -0.25) is 9.59 Å². The maximum Gasteiger partial charge on any atom is 0.322 e. The summed E-state index contributed by atoms with van der Waals surface area (Å²) in [6, 6.07) is 19.0. The molecule has 0 bridgehead atoms. The number of esters is 1. The van der Waals surface area contributed by atoms with Gasteiger partial charge in [-0.15, -0.1) is 0 Å². The zero-order valence-electron chi connectivity index (χ0n) is 14.6. The molecule has 3 aromatic rings. The van der Waals surface area contributed by atoms with Crippen LogP contribution in [0.5, 0.6) is 5.75 Å². The van der Waals surface area contributed by atoms with Gasteiger partial charge in [-0.2, -0.15) is 0 Å². The Hall–Kier alpha value is -3.21. The van der Waals surface area contributed by atoms with Gasteiger partial charge in [0.2, 0.25) is 0 Å². The average molecular weight is 359 g/mol. The van der Waals surface area contributed by atoms with Crippen LogP contribution in [0.3, 0.4) is 0 Å². The molecule has 1 aliphatic heterocycles. The molecule has 5 nitrogen and oxygen atoms in total. The normalized spacial score (nSPS) is 20.1. The number of ketones is 1. The number of nitrogens with zero attached hydrogens (tertiary/aromatic N) is 1. The molecule has 0 amide bonds. The van der Waals surface area contributed by atoms with E-state index in [4.69, 9.17) is 9.47 Å². The molecule has 1 atom stereocenters. The second kappa shape index (κ2) is 5.91. The molecule has 2 heterocycles. The Morgan fingerprint density at radius 1 is 1.00 bits per heavy atom. The van der Waals surface area contributed by atoms with Crippen molar-refractivity contribution in [3.63, 3.8) is 0 Å². The SMILES string of the molecule is O=C1OC2(CC2)C(=O)C1c1ccc(OCc2ccc3ccccc3n2)cc1. The molecule has 2 aromatic carbocycles. The molecular weight excluding hydrogens is 342 g/mol. The molecule has 27 heavy (non-hydrogen) atoms. The maximum atomic E-state index is 12.4. The average Bonchev–Trinajstić information content (AvgIpc) is 3.43. The molecule has 134 valence electrons. The molecule has 2 aliphatic rings. The molecule has 1 aliphatic carbocycles. The molecule has 1 aromatic heterocycles. The number of carbonyl (C=O) groups is 2.